The van der Waals surface area contributed by atoms with Gasteiger partial charge in [-0.3, -0.25) is 24.2 Å². The Morgan fingerprint density at radius 2 is 1.69 bits per heavy atom. The molecule has 2 amide bonds. The Labute approximate surface area is 207 Å². The number of halogens is 1. The molecular weight excluding hydrogens is 467 g/mol. The third-order valence-electron chi connectivity index (χ3n) is 6.68. The molecule has 2 fully saturated rings. The third kappa shape index (κ3) is 5.01. The zero-order chi connectivity index (χ0) is 25.2. The molecule has 0 aliphatic carbocycles. The van der Waals surface area contributed by atoms with Gasteiger partial charge in [0.2, 0.25) is 0 Å². The van der Waals surface area contributed by atoms with E-state index >= 15 is 0 Å². The molecule has 0 bridgehead atoms. The van der Waals surface area contributed by atoms with Gasteiger partial charge in [0, 0.05) is 49.6 Å². The van der Waals surface area contributed by atoms with Gasteiger partial charge >= 0.3 is 0 Å². The van der Waals surface area contributed by atoms with Crippen molar-refractivity contribution < 1.29 is 28.0 Å². The maximum absolute atomic E-state index is 14.3. The van der Waals surface area contributed by atoms with Crippen LogP contribution in [-0.4, -0.2) is 81.1 Å². The highest BCUT2D eigenvalue weighted by molar-refractivity contribution is 6.03. The van der Waals surface area contributed by atoms with E-state index in [1.54, 1.807) is 29.2 Å². The lowest BCUT2D eigenvalue weighted by atomic mass is 10.1. The van der Waals surface area contributed by atoms with E-state index in [1.807, 2.05) is 7.05 Å². The second-order valence-electron chi connectivity index (χ2n) is 9.15. The van der Waals surface area contributed by atoms with Gasteiger partial charge in [0.15, 0.2) is 22.5 Å². The number of anilines is 1. The molecule has 3 aromatic rings. The molecule has 2 N–H and O–H groups in total. The molecule has 0 saturated carbocycles. The van der Waals surface area contributed by atoms with Crippen LogP contribution in [0.1, 0.15) is 20.9 Å². The summed E-state index contributed by atoms with van der Waals surface area (Å²) in [6, 6.07) is 10.1. The maximum Gasteiger partial charge on any atom is 0.291 e. The molecular formula is C26H28FN4O5+. The SMILES string of the molecule is CN1CC[NH+](c2cc(F)cc3c(=O)cc(C(=O)Nc4ccc(C(=O)N5CCOCC5)cc4)oc23)CC1. The molecule has 2 aromatic carbocycles. The number of likely N-dealkylation sites (N-methyl/N-ethyl adjacent to an activating group) is 1. The van der Waals surface area contributed by atoms with Gasteiger partial charge in [-0.1, -0.05) is 0 Å². The number of carbonyl (C=O) groups is 2. The van der Waals surface area contributed by atoms with Crippen LogP contribution in [0, 0.1) is 5.82 Å². The predicted molar refractivity (Wildman–Crippen MR) is 131 cm³/mol. The molecule has 1 aromatic heterocycles. The van der Waals surface area contributed by atoms with Crippen LogP contribution in [0.2, 0.25) is 0 Å². The van der Waals surface area contributed by atoms with Crippen molar-refractivity contribution in [2.45, 2.75) is 0 Å². The summed E-state index contributed by atoms with van der Waals surface area (Å²) < 4.78 is 25.5. The molecule has 188 valence electrons. The van der Waals surface area contributed by atoms with Gasteiger partial charge in [-0.25, -0.2) is 4.39 Å². The largest absolute Gasteiger partial charge is 0.444 e. The maximum atomic E-state index is 14.3. The fraction of sp³-hybridized carbons (Fsp3) is 0.346. The number of morpholine rings is 1. The van der Waals surface area contributed by atoms with Gasteiger partial charge in [0.25, 0.3) is 11.8 Å². The zero-order valence-electron chi connectivity index (χ0n) is 20.0. The van der Waals surface area contributed by atoms with Crippen molar-refractivity contribution in [3.05, 3.63) is 69.8 Å². The summed E-state index contributed by atoms with van der Waals surface area (Å²) in [4.78, 5) is 43.3. The highest BCUT2D eigenvalue weighted by Gasteiger charge is 2.26. The van der Waals surface area contributed by atoms with Crippen molar-refractivity contribution in [2.75, 3.05) is 64.8 Å². The first kappa shape index (κ1) is 24.1. The number of benzene rings is 2. The van der Waals surface area contributed by atoms with Crippen molar-refractivity contribution in [3.63, 3.8) is 0 Å². The van der Waals surface area contributed by atoms with Gasteiger partial charge in [-0.05, 0) is 37.4 Å². The lowest BCUT2D eigenvalue weighted by Crippen LogP contribution is -3.10. The molecule has 0 radical (unpaired) electrons. The van der Waals surface area contributed by atoms with Crippen molar-refractivity contribution in [3.8, 4) is 0 Å². The minimum absolute atomic E-state index is 0.0946. The average molecular weight is 496 g/mol. The summed E-state index contributed by atoms with van der Waals surface area (Å²) in [6.45, 7) is 5.21. The Kier molecular flexibility index (Phi) is 6.82. The monoisotopic (exact) mass is 495 g/mol. The number of rotatable bonds is 4. The van der Waals surface area contributed by atoms with Crippen LogP contribution in [0.15, 0.2) is 51.7 Å². The van der Waals surface area contributed by atoms with Crippen LogP contribution in [0.25, 0.3) is 11.0 Å². The molecule has 2 aliphatic heterocycles. The first-order valence-electron chi connectivity index (χ1n) is 12.0. The summed E-state index contributed by atoms with van der Waals surface area (Å²) in [6.07, 6.45) is 0. The van der Waals surface area contributed by atoms with E-state index in [0.717, 1.165) is 43.2 Å². The smallest absolute Gasteiger partial charge is 0.291 e. The van der Waals surface area contributed by atoms with E-state index in [-0.39, 0.29) is 22.6 Å². The van der Waals surface area contributed by atoms with E-state index in [4.69, 9.17) is 9.15 Å². The lowest BCUT2D eigenvalue weighted by molar-refractivity contribution is -0.837. The first-order chi connectivity index (χ1) is 17.4. The molecule has 2 aliphatic rings. The molecule has 0 unspecified atom stereocenters. The van der Waals surface area contributed by atoms with Crippen molar-refractivity contribution in [1.82, 2.24) is 9.80 Å². The summed E-state index contributed by atoms with van der Waals surface area (Å²) in [7, 11) is 2.02. The fourth-order valence-electron chi connectivity index (χ4n) is 4.59. The number of quaternary nitrogens is 1. The molecule has 9 nitrogen and oxygen atoms in total. The predicted octanol–water partition coefficient (Wildman–Crippen LogP) is 1.12. The number of fused-ring (bicyclic) bond motifs is 1. The van der Waals surface area contributed by atoms with E-state index in [2.05, 4.69) is 10.2 Å². The van der Waals surface area contributed by atoms with Gasteiger partial charge in [-0.15, -0.1) is 0 Å². The first-order valence-corrected chi connectivity index (χ1v) is 12.0. The van der Waals surface area contributed by atoms with Crippen LogP contribution < -0.4 is 15.6 Å². The van der Waals surface area contributed by atoms with Gasteiger partial charge < -0.3 is 19.4 Å². The lowest BCUT2D eigenvalue weighted by Gasteiger charge is -2.29. The summed E-state index contributed by atoms with van der Waals surface area (Å²) in [5.41, 5.74) is 1.23. The number of ether oxygens (including phenoxy) is 1. The average Bonchev–Trinajstić information content (AvgIpc) is 2.89. The van der Waals surface area contributed by atoms with Crippen molar-refractivity contribution >= 4 is 34.2 Å². The second-order valence-corrected chi connectivity index (χ2v) is 9.15. The van der Waals surface area contributed by atoms with Gasteiger partial charge in [0.05, 0.1) is 31.7 Å². The van der Waals surface area contributed by atoms with E-state index in [9.17, 15) is 18.8 Å². The fourth-order valence-corrected chi connectivity index (χ4v) is 4.59. The molecule has 2 saturated heterocycles. The molecule has 36 heavy (non-hydrogen) atoms. The Hall–Kier alpha value is -3.60. The van der Waals surface area contributed by atoms with E-state index in [0.29, 0.717) is 43.2 Å². The van der Waals surface area contributed by atoms with E-state index < -0.39 is 17.2 Å². The number of nitrogens with one attached hydrogen (secondary N) is 2. The molecule has 3 heterocycles. The number of amides is 2. The number of hydrogen-bond acceptors (Lipinski definition) is 6. The second kappa shape index (κ2) is 10.2. The number of piperazine rings is 1. The Morgan fingerprint density at radius 1 is 1.00 bits per heavy atom. The van der Waals surface area contributed by atoms with Gasteiger partial charge in [0.1, 0.15) is 5.82 Å². The highest BCUT2D eigenvalue weighted by Crippen LogP contribution is 2.22. The molecule has 5 rings (SSSR count). The standard InChI is InChI=1S/C26H27FN4O5/c1-29-6-8-30(9-7-29)21-15-18(27)14-20-22(32)16-23(36-24(20)21)25(33)28-19-4-2-17(3-5-19)26(34)31-10-12-35-13-11-31/h2-5,14-16H,6-13H2,1H3,(H,28,33)/p+1. The van der Waals surface area contributed by atoms with Crippen LogP contribution in [0.3, 0.4) is 0 Å². The minimum atomic E-state index is -0.607. The molecule has 10 heteroatoms. The van der Waals surface area contributed by atoms with Crippen molar-refractivity contribution in [1.29, 1.82) is 0 Å². The highest BCUT2D eigenvalue weighted by atomic mass is 19.1. The topological polar surface area (TPSA) is 96.5 Å². The van der Waals surface area contributed by atoms with Crippen LogP contribution in [0.5, 0.6) is 0 Å². The molecule has 0 atom stereocenters. The normalized spacial score (nSPS) is 17.3. The Morgan fingerprint density at radius 3 is 2.39 bits per heavy atom. The molecule has 0 spiro atoms. The minimum Gasteiger partial charge on any atom is -0.444 e. The third-order valence-corrected chi connectivity index (χ3v) is 6.68. The summed E-state index contributed by atoms with van der Waals surface area (Å²) >= 11 is 0. The van der Waals surface area contributed by atoms with Gasteiger partial charge in [-0.2, -0.15) is 0 Å². The Bertz CT molecular complexity index is 1340. The Balaban J connectivity index is 1.38. The number of hydrogen-bond donors (Lipinski definition) is 2. The quantitative estimate of drug-likeness (QED) is 0.563. The zero-order valence-corrected chi connectivity index (χ0v) is 20.0. The van der Waals surface area contributed by atoms with Crippen LogP contribution in [0.4, 0.5) is 15.8 Å². The number of nitrogens with zero attached hydrogens (tertiary/aromatic N) is 2. The van der Waals surface area contributed by atoms with Crippen molar-refractivity contribution in [2.24, 2.45) is 0 Å². The summed E-state index contributed by atoms with van der Waals surface area (Å²) in [5.74, 6) is -1.38. The number of carbonyl (C=O) groups excluding carboxylic acids is 2. The van der Waals surface area contributed by atoms with E-state index in [1.165, 1.54) is 6.07 Å². The van der Waals surface area contributed by atoms with Crippen LogP contribution >= 0.6 is 0 Å². The summed E-state index contributed by atoms with van der Waals surface area (Å²) in [5, 5.41) is 2.82. The van der Waals surface area contributed by atoms with Crippen LogP contribution in [-0.2, 0) is 4.74 Å².